The molecular weight excluding hydrogens is 318 g/mol. The maximum atomic E-state index is 14.2. The van der Waals surface area contributed by atoms with Crippen LogP contribution >= 0.6 is 11.8 Å². The van der Waals surface area contributed by atoms with E-state index < -0.39 is 26.6 Å². The topological polar surface area (TPSA) is 58.2 Å². The predicted molar refractivity (Wildman–Crippen MR) is 81.9 cm³/mol. The highest BCUT2D eigenvalue weighted by Gasteiger charge is 2.23. The van der Waals surface area contributed by atoms with E-state index in [0.717, 1.165) is 12.1 Å². The number of halogens is 2. The Morgan fingerprint density at radius 3 is 2.57 bits per heavy atom. The Morgan fingerprint density at radius 1 is 1.33 bits per heavy atom. The van der Waals surface area contributed by atoms with Crippen LogP contribution in [0.2, 0.25) is 0 Å². The summed E-state index contributed by atoms with van der Waals surface area (Å²) in [7, 11) is -2.45. The van der Waals surface area contributed by atoms with Crippen molar-refractivity contribution in [3.63, 3.8) is 0 Å². The first-order chi connectivity index (χ1) is 9.83. The maximum absolute atomic E-state index is 14.2. The zero-order valence-corrected chi connectivity index (χ0v) is 13.9. The van der Waals surface area contributed by atoms with Gasteiger partial charge in [-0.1, -0.05) is 6.92 Å². The van der Waals surface area contributed by atoms with Crippen molar-refractivity contribution in [1.29, 1.82) is 0 Å². The number of thioether (sulfide) groups is 1. The van der Waals surface area contributed by atoms with Crippen LogP contribution in [-0.4, -0.2) is 33.5 Å². The first-order valence-electron chi connectivity index (χ1n) is 6.47. The van der Waals surface area contributed by atoms with Crippen LogP contribution in [0.5, 0.6) is 0 Å². The molecule has 21 heavy (non-hydrogen) atoms. The van der Waals surface area contributed by atoms with Gasteiger partial charge in [0, 0.05) is 23.9 Å². The zero-order valence-electron chi connectivity index (χ0n) is 12.2. The third kappa shape index (κ3) is 4.91. The number of benzene rings is 1. The second-order valence-electron chi connectivity index (χ2n) is 4.60. The summed E-state index contributed by atoms with van der Waals surface area (Å²) in [5.41, 5.74) is -0.280. The molecule has 0 saturated heterocycles. The van der Waals surface area contributed by atoms with Crippen molar-refractivity contribution in [3.8, 4) is 0 Å². The summed E-state index contributed by atoms with van der Waals surface area (Å²) in [5.74, 6) is -1.81. The fraction of sp³-hybridized carbons (Fsp3) is 0.538. The smallest absolute Gasteiger partial charge is 0.243 e. The first kappa shape index (κ1) is 18.3. The molecular formula is C13H20F2N2O2S2. The van der Waals surface area contributed by atoms with E-state index in [9.17, 15) is 17.2 Å². The number of hydrogen-bond donors (Lipinski definition) is 2. The van der Waals surface area contributed by atoms with E-state index in [4.69, 9.17) is 0 Å². The number of hydrogen-bond acceptors (Lipinski definition) is 4. The molecule has 0 aliphatic carbocycles. The Balaban J connectivity index is 2.95. The van der Waals surface area contributed by atoms with E-state index in [1.807, 2.05) is 13.2 Å². The highest BCUT2D eigenvalue weighted by molar-refractivity contribution is 7.99. The van der Waals surface area contributed by atoms with E-state index in [2.05, 4.69) is 10.0 Å². The molecule has 1 unspecified atom stereocenters. The zero-order chi connectivity index (χ0) is 16.0. The highest BCUT2D eigenvalue weighted by Crippen LogP contribution is 2.21. The van der Waals surface area contributed by atoms with Gasteiger partial charge in [-0.2, -0.15) is 11.8 Å². The highest BCUT2D eigenvalue weighted by atomic mass is 32.2. The molecule has 2 N–H and O–H groups in total. The normalized spacial score (nSPS) is 13.4. The molecule has 1 atom stereocenters. The fourth-order valence-electron chi connectivity index (χ4n) is 1.71. The van der Waals surface area contributed by atoms with Crippen LogP contribution in [0, 0.1) is 11.6 Å². The van der Waals surface area contributed by atoms with Crippen molar-refractivity contribution in [1.82, 2.24) is 10.0 Å². The Hall–Kier alpha value is -0.700. The molecule has 0 spiro atoms. The van der Waals surface area contributed by atoms with Gasteiger partial charge in [0.05, 0.1) is 0 Å². The van der Waals surface area contributed by atoms with Crippen molar-refractivity contribution in [2.75, 3.05) is 19.8 Å². The predicted octanol–water partition coefficient (Wildman–Crippen LogP) is 2.10. The van der Waals surface area contributed by atoms with Crippen molar-refractivity contribution < 1.29 is 17.2 Å². The summed E-state index contributed by atoms with van der Waals surface area (Å²) in [6.45, 7) is 2.11. The van der Waals surface area contributed by atoms with E-state index >= 15 is 0 Å². The molecule has 1 aromatic rings. The quantitative estimate of drug-likeness (QED) is 0.762. The average Bonchev–Trinajstić information content (AvgIpc) is 2.42. The largest absolute Gasteiger partial charge is 0.315 e. The molecule has 1 rings (SSSR count). The molecule has 120 valence electrons. The molecule has 0 aromatic heterocycles. The Bertz CT molecular complexity index is 580. The molecule has 0 fully saturated rings. The molecule has 8 heteroatoms. The van der Waals surface area contributed by atoms with E-state index in [1.54, 1.807) is 11.8 Å². The summed E-state index contributed by atoms with van der Waals surface area (Å²) in [5, 5.41) is 2.91. The molecule has 0 bridgehead atoms. The molecule has 0 aliphatic heterocycles. The van der Waals surface area contributed by atoms with Crippen molar-refractivity contribution in [3.05, 3.63) is 29.3 Å². The van der Waals surface area contributed by atoms with E-state index in [1.165, 1.54) is 7.05 Å². The summed E-state index contributed by atoms with van der Waals surface area (Å²) in [6.07, 6.45) is 2.56. The third-order valence-corrected chi connectivity index (χ3v) is 5.56. The number of sulfonamides is 1. The monoisotopic (exact) mass is 338 g/mol. The van der Waals surface area contributed by atoms with Crippen LogP contribution in [-0.2, 0) is 16.6 Å². The van der Waals surface area contributed by atoms with Crippen LogP contribution < -0.4 is 10.0 Å². The lowest BCUT2D eigenvalue weighted by Gasteiger charge is -2.12. The van der Waals surface area contributed by atoms with Gasteiger partial charge in [-0.15, -0.1) is 0 Å². The summed E-state index contributed by atoms with van der Waals surface area (Å²) in [4.78, 5) is -0.522. The fourth-order valence-corrected chi connectivity index (χ4v) is 3.22. The Labute approximate surface area is 128 Å². The molecule has 0 aliphatic rings. The standard InChI is InChI=1S/C13H20F2N2O2S2/c1-9(20-3)6-7-17-21(18,19)12-5-4-11(14)10(8-16-2)13(12)15/h4-5,9,16-17H,6-8H2,1-3H3. The van der Waals surface area contributed by atoms with Gasteiger partial charge in [-0.05, 0) is 31.9 Å². The minimum atomic E-state index is -3.98. The van der Waals surface area contributed by atoms with E-state index in [-0.39, 0.29) is 18.7 Å². The molecule has 1 aromatic carbocycles. The summed E-state index contributed by atoms with van der Waals surface area (Å²) in [6, 6.07) is 1.92. The number of rotatable bonds is 8. The summed E-state index contributed by atoms with van der Waals surface area (Å²) < 4.78 is 54.2. The Kier molecular flexibility index (Phi) is 7.05. The second kappa shape index (κ2) is 8.07. The second-order valence-corrected chi connectivity index (χ2v) is 7.61. The molecule has 0 saturated carbocycles. The van der Waals surface area contributed by atoms with Gasteiger partial charge in [-0.25, -0.2) is 21.9 Å². The summed E-state index contributed by atoms with van der Waals surface area (Å²) >= 11 is 1.62. The minimum absolute atomic E-state index is 0.0788. The van der Waals surface area contributed by atoms with Crippen LogP contribution in [0.3, 0.4) is 0 Å². The SMILES string of the molecule is CNCc1c(F)ccc(S(=O)(=O)NCCC(C)SC)c1F. The number of nitrogens with one attached hydrogen (secondary N) is 2. The molecule has 0 amide bonds. The van der Waals surface area contributed by atoms with Crippen molar-refractivity contribution >= 4 is 21.8 Å². The van der Waals surface area contributed by atoms with Crippen molar-refractivity contribution in [2.24, 2.45) is 0 Å². The van der Waals surface area contributed by atoms with Gasteiger partial charge >= 0.3 is 0 Å². The molecule has 4 nitrogen and oxygen atoms in total. The van der Waals surface area contributed by atoms with Crippen LogP contribution in [0.1, 0.15) is 18.9 Å². The Morgan fingerprint density at radius 2 is 2.00 bits per heavy atom. The van der Waals surface area contributed by atoms with Gasteiger partial charge in [0.15, 0.2) is 5.82 Å². The lowest BCUT2D eigenvalue weighted by atomic mass is 10.2. The lowest BCUT2D eigenvalue weighted by Crippen LogP contribution is -2.27. The lowest BCUT2D eigenvalue weighted by molar-refractivity contribution is 0.517. The van der Waals surface area contributed by atoms with Gasteiger partial charge < -0.3 is 5.32 Å². The van der Waals surface area contributed by atoms with Gasteiger partial charge in [0.2, 0.25) is 10.0 Å². The van der Waals surface area contributed by atoms with Crippen LogP contribution in [0.15, 0.2) is 17.0 Å². The van der Waals surface area contributed by atoms with E-state index in [0.29, 0.717) is 11.7 Å². The average molecular weight is 338 g/mol. The van der Waals surface area contributed by atoms with Gasteiger partial charge in [0.1, 0.15) is 10.7 Å². The van der Waals surface area contributed by atoms with Gasteiger partial charge in [-0.3, -0.25) is 0 Å². The van der Waals surface area contributed by atoms with Crippen LogP contribution in [0.4, 0.5) is 8.78 Å². The van der Waals surface area contributed by atoms with Crippen LogP contribution in [0.25, 0.3) is 0 Å². The molecule has 0 heterocycles. The maximum Gasteiger partial charge on any atom is 0.243 e. The molecule has 0 radical (unpaired) electrons. The minimum Gasteiger partial charge on any atom is -0.315 e. The van der Waals surface area contributed by atoms with Crippen molar-refractivity contribution in [2.45, 2.75) is 30.0 Å². The van der Waals surface area contributed by atoms with Gasteiger partial charge in [0.25, 0.3) is 0 Å². The third-order valence-electron chi connectivity index (χ3n) is 3.04. The first-order valence-corrected chi connectivity index (χ1v) is 9.24.